The van der Waals surface area contributed by atoms with Gasteiger partial charge in [0.1, 0.15) is 0 Å². The molecule has 2 N–H and O–H groups in total. The van der Waals surface area contributed by atoms with E-state index in [1.807, 2.05) is 0 Å². The SMILES string of the molecule is O=C(Nc1cc(F)c(F)c(F)c1)N1CCC(O)(C(F)(F)F)CC1. The number of carbonyl (C=O) groups is 1. The zero-order valence-electron chi connectivity index (χ0n) is 11.6. The zero-order valence-corrected chi connectivity index (χ0v) is 11.6. The summed E-state index contributed by atoms with van der Waals surface area (Å²) in [6.45, 7) is -0.790. The van der Waals surface area contributed by atoms with Gasteiger partial charge in [0.25, 0.3) is 0 Å². The van der Waals surface area contributed by atoms with Crippen LogP contribution >= 0.6 is 0 Å². The lowest BCUT2D eigenvalue weighted by atomic mass is 9.91. The van der Waals surface area contributed by atoms with E-state index in [9.17, 15) is 36.2 Å². The predicted molar refractivity (Wildman–Crippen MR) is 67.1 cm³/mol. The van der Waals surface area contributed by atoms with Gasteiger partial charge in [-0.05, 0) is 0 Å². The Hall–Kier alpha value is -1.97. The molecule has 128 valence electrons. The Morgan fingerprint density at radius 1 is 1.13 bits per heavy atom. The van der Waals surface area contributed by atoms with E-state index in [1.54, 1.807) is 0 Å². The van der Waals surface area contributed by atoms with Crippen LogP contribution < -0.4 is 5.32 Å². The van der Waals surface area contributed by atoms with Crippen LogP contribution in [0.2, 0.25) is 0 Å². The summed E-state index contributed by atoms with van der Waals surface area (Å²) in [6.07, 6.45) is -6.23. The van der Waals surface area contributed by atoms with Crippen LogP contribution in [0.3, 0.4) is 0 Å². The van der Waals surface area contributed by atoms with Gasteiger partial charge in [0.2, 0.25) is 0 Å². The molecule has 1 aromatic carbocycles. The van der Waals surface area contributed by atoms with Gasteiger partial charge in [-0.1, -0.05) is 0 Å². The number of piperidine rings is 1. The summed E-state index contributed by atoms with van der Waals surface area (Å²) >= 11 is 0. The van der Waals surface area contributed by atoms with Crippen molar-refractivity contribution in [3.8, 4) is 0 Å². The van der Waals surface area contributed by atoms with Gasteiger partial charge in [0.05, 0.1) is 0 Å². The van der Waals surface area contributed by atoms with Crippen molar-refractivity contribution in [2.24, 2.45) is 0 Å². The molecule has 1 aromatic rings. The first-order chi connectivity index (χ1) is 10.5. The molecule has 1 saturated heterocycles. The lowest BCUT2D eigenvalue weighted by Crippen LogP contribution is -2.55. The highest BCUT2D eigenvalue weighted by atomic mass is 19.4. The minimum atomic E-state index is -4.81. The molecule has 0 bridgehead atoms. The summed E-state index contributed by atoms with van der Waals surface area (Å²) in [5.74, 6) is -4.72. The smallest absolute Gasteiger partial charge is 0.380 e. The summed E-state index contributed by atoms with van der Waals surface area (Å²) in [7, 11) is 0. The molecule has 1 aliphatic rings. The van der Waals surface area contributed by atoms with Crippen LogP contribution in [-0.4, -0.2) is 40.9 Å². The molecule has 1 fully saturated rings. The fraction of sp³-hybridized carbons (Fsp3) is 0.462. The average molecular weight is 342 g/mol. The monoisotopic (exact) mass is 342 g/mol. The first-order valence-electron chi connectivity index (χ1n) is 6.53. The number of urea groups is 1. The number of rotatable bonds is 1. The number of carbonyl (C=O) groups excluding carboxylic acids is 1. The molecule has 2 amide bonds. The Morgan fingerprint density at radius 3 is 2.04 bits per heavy atom. The van der Waals surface area contributed by atoms with Crippen LogP contribution in [-0.2, 0) is 0 Å². The van der Waals surface area contributed by atoms with E-state index < -0.39 is 61.2 Å². The van der Waals surface area contributed by atoms with E-state index in [-0.39, 0.29) is 5.69 Å². The van der Waals surface area contributed by atoms with Crippen molar-refractivity contribution in [2.75, 3.05) is 18.4 Å². The van der Waals surface area contributed by atoms with Crippen molar-refractivity contribution < 1.29 is 36.2 Å². The quantitative estimate of drug-likeness (QED) is 0.609. The lowest BCUT2D eigenvalue weighted by molar-refractivity contribution is -0.271. The molecule has 10 heteroatoms. The summed E-state index contributed by atoms with van der Waals surface area (Å²) in [5, 5.41) is 11.5. The highest BCUT2D eigenvalue weighted by Gasteiger charge is 2.54. The molecule has 0 radical (unpaired) electrons. The van der Waals surface area contributed by atoms with Crippen molar-refractivity contribution in [2.45, 2.75) is 24.6 Å². The van der Waals surface area contributed by atoms with E-state index in [4.69, 9.17) is 0 Å². The fourth-order valence-corrected chi connectivity index (χ4v) is 2.19. The van der Waals surface area contributed by atoms with Gasteiger partial charge in [-0.2, -0.15) is 13.2 Å². The lowest BCUT2D eigenvalue weighted by Gasteiger charge is -2.38. The van der Waals surface area contributed by atoms with Crippen LogP contribution in [0.5, 0.6) is 0 Å². The number of benzene rings is 1. The summed E-state index contributed by atoms with van der Waals surface area (Å²) in [4.78, 5) is 12.8. The largest absolute Gasteiger partial charge is 0.417 e. The molecule has 0 unspecified atom stereocenters. The second kappa shape index (κ2) is 5.91. The third-order valence-corrected chi connectivity index (χ3v) is 3.64. The molecule has 4 nitrogen and oxygen atoms in total. The van der Waals surface area contributed by atoms with Gasteiger partial charge in [-0.15, -0.1) is 0 Å². The molecule has 0 atom stereocenters. The summed E-state index contributed by atoms with van der Waals surface area (Å²) < 4.78 is 76.8. The normalized spacial score (nSPS) is 18.0. The number of amides is 2. The van der Waals surface area contributed by atoms with Crippen LogP contribution in [0.4, 0.5) is 36.8 Å². The summed E-state index contributed by atoms with van der Waals surface area (Å²) in [5.41, 5.74) is -3.24. The number of hydrogen-bond donors (Lipinski definition) is 2. The van der Waals surface area contributed by atoms with Crippen molar-refractivity contribution in [1.82, 2.24) is 4.90 Å². The van der Waals surface area contributed by atoms with E-state index in [0.717, 1.165) is 4.90 Å². The van der Waals surface area contributed by atoms with Gasteiger partial charge in [0.15, 0.2) is 23.1 Å². The Kier molecular flexibility index (Phi) is 4.47. The Balaban J connectivity index is 2.01. The number of likely N-dealkylation sites (tertiary alicyclic amines) is 1. The Morgan fingerprint density at radius 2 is 1.61 bits per heavy atom. The third kappa shape index (κ3) is 3.52. The molecule has 1 heterocycles. The first-order valence-corrected chi connectivity index (χ1v) is 6.53. The van der Waals surface area contributed by atoms with Crippen molar-refractivity contribution in [3.63, 3.8) is 0 Å². The van der Waals surface area contributed by atoms with Gasteiger partial charge >= 0.3 is 12.2 Å². The molecule has 23 heavy (non-hydrogen) atoms. The van der Waals surface area contributed by atoms with Gasteiger partial charge in [-0.25, -0.2) is 18.0 Å². The van der Waals surface area contributed by atoms with Gasteiger partial charge < -0.3 is 15.3 Å². The maximum absolute atomic E-state index is 13.0. The number of alkyl halides is 3. The van der Waals surface area contributed by atoms with Gasteiger partial charge in [-0.3, -0.25) is 0 Å². The number of halogens is 6. The van der Waals surface area contributed by atoms with Crippen molar-refractivity contribution >= 4 is 11.7 Å². The van der Waals surface area contributed by atoms with E-state index in [1.165, 1.54) is 0 Å². The minimum Gasteiger partial charge on any atom is -0.380 e. The van der Waals surface area contributed by atoms with E-state index in [0.29, 0.717) is 12.1 Å². The second-order valence-electron chi connectivity index (χ2n) is 5.20. The third-order valence-electron chi connectivity index (χ3n) is 3.64. The molecular formula is C13H12F6N2O2. The first kappa shape index (κ1) is 17.4. The molecule has 0 spiro atoms. The average Bonchev–Trinajstić information content (AvgIpc) is 2.44. The minimum absolute atomic E-state index is 0.372. The van der Waals surface area contributed by atoms with Crippen LogP contribution in [0.25, 0.3) is 0 Å². The van der Waals surface area contributed by atoms with E-state index in [2.05, 4.69) is 5.32 Å². The molecule has 0 aliphatic carbocycles. The molecule has 1 aliphatic heterocycles. The van der Waals surface area contributed by atoms with Gasteiger partial charge in [0, 0.05) is 43.8 Å². The highest BCUT2D eigenvalue weighted by Crippen LogP contribution is 2.38. The second-order valence-corrected chi connectivity index (χ2v) is 5.20. The predicted octanol–water partition coefficient (Wildman–Crippen LogP) is 3.03. The number of nitrogens with one attached hydrogen (secondary N) is 1. The summed E-state index contributed by atoms with van der Waals surface area (Å²) in [6, 6.07) is 0.193. The van der Waals surface area contributed by atoms with Crippen molar-refractivity contribution in [1.29, 1.82) is 0 Å². The molecule has 0 aromatic heterocycles. The molecule has 2 rings (SSSR count). The standard InChI is InChI=1S/C13H12F6N2O2/c14-8-5-7(6-9(15)10(8)16)20-11(22)21-3-1-12(23,2-4-21)13(17,18)19/h5-6,23H,1-4H2,(H,20,22). The fourth-order valence-electron chi connectivity index (χ4n) is 2.19. The van der Waals surface area contributed by atoms with Crippen LogP contribution in [0.15, 0.2) is 12.1 Å². The Labute approximate surface area is 126 Å². The maximum Gasteiger partial charge on any atom is 0.417 e. The van der Waals surface area contributed by atoms with Crippen molar-refractivity contribution in [3.05, 3.63) is 29.6 Å². The molecular weight excluding hydrogens is 330 g/mol. The topological polar surface area (TPSA) is 52.6 Å². The highest BCUT2D eigenvalue weighted by molar-refractivity contribution is 5.89. The zero-order chi connectivity index (χ0) is 17.4. The number of hydrogen-bond acceptors (Lipinski definition) is 2. The number of nitrogens with zero attached hydrogens (tertiary/aromatic N) is 1. The number of anilines is 1. The van der Waals surface area contributed by atoms with Crippen LogP contribution in [0, 0.1) is 17.5 Å². The van der Waals surface area contributed by atoms with Crippen LogP contribution in [0.1, 0.15) is 12.8 Å². The molecule has 0 saturated carbocycles. The maximum atomic E-state index is 13.0. The van der Waals surface area contributed by atoms with E-state index >= 15 is 0 Å². The Bertz CT molecular complexity index is 588. The number of aliphatic hydroxyl groups is 1.